The number of benzene rings is 2. The molecule has 0 aliphatic rings. The second-order valence-electron chi connectivity index (χ2n) is 3.55. The summed E-state index contributed by atoms with van der Waals surface area (Å²) in [6.45, 7) is 0. The number of nitrogens with zero attached hydrogens (tertiary/aromatic N) is 2. The fraction of sp³-hybridized carbons (Fsp3) is 0. The fourth-order valence-corrected chi connectivity index (χ4v) is 1.45. The average Bonchev–Trinajstić information content (AvgIpc) is 2.37. The van der Waals surface area contributed by atoms with Gasteiger partial charge in [-0.2, -0.15) is 0 Å². The van der Waals surface area contributed by atoms with Gasteiger partial charge in [-0.3, -0.25) is 15.1 Å². The number of para-hydroxylation sites is 1. The molecule has 0 fully saturated rings. The van der Waals surface area contributed by atoms with Crippen molar-refractivity contribution in [3.63, 3.8) is 0 Å². The molecule has 0 bridgehead atoms. The van der Waals surface area contributed by atoms with Crippen molar-refractivity contribution in [2.45, 2.75) is 0 Å². The zero-order chi connectivity index (χ0) is 13.0. The van der Waals surface area contributed by atoms with E-state index in [2.05, 4.69) is 4.99 Å². The summed E-state index contributed by atoms with van der Waals surface area (Å²) in [6.07, 6.45) is 1.29. The van der Waals surface area contributed by atoms with Gasteiger partial charge in [-0.15, -0.1) is 0 Å². The van der Waals surface area contributed by atoms with Crippen LogP contribution in [0.4, 0.5) is 15.8 Å². The van der Waals surface area contributed by atoms with Crippen LogP contribution < -0.4 is 0 Å². The number of hydrogen-bond donors (Lipinski definition) is 0. The second kappa shape index (κ2) is 5.18. The van der Waals surface area contributed by atoms with E-state index in [0.29, 0.717) is 5.69 Å². The first-order chi connectivity index (χ1) is 8.66. The molecule has 18 heavy (non-hydrogen) atoms. The van der Waals surface area contributed by atoms with Gasteiger partial charge in [0.05, 0.1) is 16.2 Å². The van der Waals surface area contributed by atoms with E-state index < -0.39 is 10.7 Å². The van der Waals surface area contributed by atoms with Gasteiger partial charge in [0.1, 0.15) is 5.82 Å². The van der Waals surface area contributed by atoms with Crippen molar-refractivity contribution < 1.29 is 9.31 Å². The Labute approximate surface area is 103 Å². The molecule has 0 aliphatic heterocycles. The maximum Gasteiger partial charge on any atom is 0.278 e. The van der Waals surface area contributed by atoms with Gasteiger partial charge in [-0.05, 0) is 24.3 Å². The van der Waals surface area contributed by atoms with Gasteiger partial charge < -0.3 is 0 Å². The lowest BCUT2D eigenvalue weighted by atomic mass is 10.2. The lowest BCUT2D eigenvalue weighted by Crippen LogP contribution is -1.95. The van der Waals surface area contributed by atoms with Crippen molar-refractivity contribution in [1.29, 1.82) is 0 Å². The molecule has 0 atom stereocenters. The first-order valence-corrected chi connectivity index (χ1v) is 5.20. The third-order valence-electron chi connectivity index (χ3n) is 2.30. The van der Waals surface area contributed by atoms with Crippen LogP contribution in [0.5, 0.6) is 0 Å². The van der Waals surface area contributed by atoms with Gasteiger partial charge >= 0.3 is 0 Å². The van der Waals surface area contributed by atoms with E-state index in [1.807, 2.05) is 6.07 Å². The molecule has 0 aromatic heterocycles. The van der Waals surface area contributed by atoms with E-state index in [1.54, 1.807) is 24.3 Å². The van der Waals surface area contributed by atoms with Crippen LogP contribution in [0.3, 0.4) is 0 Å². The monoisotopic (exact) mass is 244 g/mol. The Morgan fingerprint density at radius 1 is 1.17 bits per heavy atom. The minimum Gasteiger partial charge on any atom is -0.258 e. The molecule has 0 saturated carbocycles. The van der Waals surface area contributed by atoms with Crippen LogP contribution in [0.15, 0.2) is 53.5 Å². The molecule has 0 radical (unpaired) electrons. The Morgan fingerprint density at radius 3 is 2.56 bits per heavy atom. The summed E-state index contributed by atoms with van der Waals surface area (Å²) in [4.78, 5) is 14.3. The van der Waals surface area contributed by atoms with E-state index in [0.717, 1.165) is 18.2 Å². The van der Waals surface area contributed by atoms with Gasteiger partial charge in [0.25, 0.3) is 5.69 Å². The molecule has 2 aromatic rings. The zero-order valence-electron chi connectivity index (χ0n) is 9.29. The minimum atomic E-state index is -0.564. The van der Waals surface area contributed by atoms with Gasteiger partial charge in [0, 0.05) is 12.3 Å². The Balaban J connectivity index is 2.36. The van der Waals surface area contributed by atoms with Crippen molar-refractivity contribution in [3.8, 4) is 0 Å². The van der Waals surface area contributed by atoms with E-state index in [4.69, 9.17) is 0 Å². The van der Waals surface area contributed by atoms with Crippen molar-refractivity contribution in [3.05, 3.63) is 70.0 Å². The normalized spacial score (nSPS) is 10.7. The molecule has 5 heteroatoms. The molecular formula is C13H9FN2O2. The second-order valence-corrected chi connectivity index (χ2v) is 3.55. The molecular weight excluding hydrogens is 235 g/mol. The maximum atomic E-state index is 13.1. The average molecular weight is 244 g/mol. The number of nitro groups is 1. The zero-order valence-corrected chi connectivity index (χ0v) is 9.29. The summed E-state index contributed by atoms with van der Waals surface area (Å²) < 4.78 is 13.1. The molecule has 0 N–H and O–H groups in total. The first kappa shape index (κ1) is 11.9. The molecule has 0 amide bonds. The topological polar surface area (TPSA) is 55.5 Å². The van der Waals surface area contributed by atoms with Gasteiger partial charge in [0.15, 0.2) is 0 Å². The van der Waals surface area contributed by atoms with Crippen LogP contribution in [0.2, 0.25) is 0 Å². The van der Waals surface area contributed by atoms with E-state index >= 15 is 0 Å². The van der Waals surface area contributed by atoms with Crippen LogP contribution in [0.25, 0.3) is 0 Å². The highest BCUT2D eigenvalue weighted by atomic mass is 19.1. The van der Waals surface area contributed by atoms with Crippen LogP contribution in [0.1, 0.15) is 5.56 Å². The smallest absolute Gasteiger partial charge is 0.258 e. The van der Waals surface area contributed by atoms with Crippen LogP contribution in [-0.2, 0) is 0 Å². The Morgan fingerprint density at radius 2 is 1.89 bits per heavy atom. The Bertz CT molecular complexity index is 597. The Kier molecular flexibility index (Phi) is 3.43. The predicted octanol–water partition coefficient (Wildman–Crippen LogP) is 3.48. The highest BCUT2D eigenvalue weighted by Crippen LogP contribution is 2.19. The van der Waals surface area contributed by atoms with Crippen LogP contribution in [0, 0.1) is 15.9 Å². The van der Waals surface area contributed by atoms with E-state index in [1.165, 1.54) is 6.21 Å². The predicted molar refractivity (Wildman–Crippen MR) is 66.8 cm³/mol. The summed E-state index contributed by atoms with van der Waals surface area (Å²) in [5.41, 5.74) is 0.621. The van der Waals surface area contributed by atoms with E-state index in [-0.39, 0.29) is 11.3 Å². The lowest BCUT2D eigenvalue weighted by molar-refractivity contribution is -0.385. The molecule has 2 rings (SSSR count). The highest BCUT2D eigenvalue weighted by molar-refractivity contribution is 5.87. The molecule has 0 aliphatic carbocycles. The van der Waals surface area contributed by atoms with Crippen molar-refractivity contribution in [2.75, 3.05) is 0 Å². The SMILES string of the molecule is O=[N+]([O-])c1ccc(F)cc1C=Nc1ccccc1. The summed E-state index contributed by atoms with van der Waals surface area (Å²) >= 11 is 0. The molecule has 0 heterocycles. The summed E-state index contributed by atoms with van der Waals surface area (Å²) in [5.74, 6) is -0.532. The number of hydrogen-bond acceptors (Lipinski definition) is 3. The van der Waals surface area contributed by atoms with Crippen molar-refractivity contribution in [1.82, 2.24) is 0 Å². The minimum absolute atomic E-state index is 0.142. The van der Waals surface area contributed by atoms with Crippen molar-refractivity contribution >= 4 is 17.6 Å². The highest BCUT2D eigenvalue weighted by Gasteiger charge is 2.12. The molecule has 2 aromatic carbocycles. The number of halogens is 1. The molecule has 0 saturated heterocycles. The van der Waals surface area contributed by atoms with Gasteiger partial charge in [0.2, 0.25) is 0 Å². The quantitative estimate of drug-likeness (QED) is 0.471. The van der Waals surface area contributed by atoms with Crippen LogP contribution >= 0.6 is 0 Å². The molecule has 0 spiro atoms. The summed E-state index contributed by atoms with van der Waals surface area (Å²) in [6, 6.07) is 12.2. The number of nitro benzene ring substituents is 1. The largest absolute Gasteiger partial charge is 0.278 e. The Hall–Kier alpha value is -2.56. The van der Waals surface area contributed by atoms with Crippen molar-refractivity contribution in [2.24, 2.45) is 4.99 Å². The summed E-state index contributed by atoms with van der Waals surface area (Å²) in [7, 11) is 0. The number of aliphatic imine (C=N–C) groups is 1. The molecule has 4 nitrogen and oxygen atoms in total. The molecule has 90 valence electrons. The van der Waals surface area contributed by atoms with Crippen LogP contribution in [-0.4, -0.2) is 11.1 Å². The maximum absolute atomic E-state index is 13.1. The van der Waals surface area contributed by atoms with Gasteiger partial charge in [-0.25, -0.2) is 4.39 Å². The molecule has 0 unspecified atom stereocenters. The van der Waals surface area contributed by atoms with Gasteiger partial charge in [-0.1, -0.05) is 18.2 Å². The lowest BCUT2D eigenvalue weighted by Gasteiger charge is -1.97. The third kappa shape index (κ3) is 2.76. The summed E-state index contributed by atoms with van der Waals surface area (Å²) in [5, 5.41) is 10.8. The standard InChI is InChI=1S/C13H9FN2O2/c14-11-6-7-13(16(17)18)10(8-11)9-15-12-4-2-1-3-5-12/h1-9H. The third-order valence-corrected chi connectivity index (χ3v) is 2.30. The first-order valence-electron chi connectivity index (χ1n) is 5.20. The van der Waals surface area contributed by atoms with E-state index in [9.17, 15) is 14.5 Å². The fourth-order valence-electron chi connectivity index (χ4n) is 1.45. The number of rotatable bonds is 3.